The lowest BCUT2D eigenvalue weighted by Gasteiger charge is -2.29. The lowest BCUT2D eigenvalue weighted by atomic mass is 10.1. The first kappa shape index (κ1) is 24.7. The van der Waals surface area contributed by atoms with Crippen molar-refractivity contribution >= 4 is 21.8 Å². The third kappa shape index (κ3) is 7.27. The van der Waals surface area contributed by atoms with Crippen LogP contribution >= 0.6 is 0 Å². The quantitative estimate of drug-likeness (QED) is 0.467. The number of carbonyl (C=O) groups is 2. The summed E-state index contributed by atoms with van der Waals surface area (Å²) in [6, 6.07) is 15.5. The molecule has 2 N–H and O–H groups in total. The molecule has 0 saturated heterocycles. The van der Waals surface area contributed by atoms with E-state index >= 15 is 0 Å². The molecule has 0 aromatic heterocycles. The normalized spacial score (nSPS) is 14.3. The van der Waals surface area contributed by atoms with Crippen LogP contribution in [-0.4, -0.2) is 43.8 Å². The molecule has 176 valence electrons. The van der Waals surface area contributed by atoms with Crippen LogP contribution in [0.2, 0.25) is 0 Å². The molecule has 2 aromatic carbocycles. The van der Waals surface area contributed by atoms with Gasteiger partial charge in [0.15, 0.2) is 0 Å². The molecule has 3 rings (SSSR count). The third-order valence-electron chi connectivity index (χ3n) is 5.54. The Hall–Kier alpha value is -2.97. The topological polar surface area (TPSA) is 95.6 Å². The van der Waals surface area contributed by atoms with Gasteiger partial charge in [0.25, 0.3) is 0 Å². The molecule has 1 atom stereocenters. The van der Waals surface area contributed by atoms with Gasteiger partial charge < -0.3 is 10.2 Å². The smallest absolute Gasteiger partial charge is 0.242 e. The highest BCUT2D eigenvalue weighted by Gasteiger charge is 2.28. The van der Waals surface area contributed by atoms with E-state index in [0.717, 1.165) is 24.0 Å². The molecule has 0 aliphatic heterocycles. The lowest BCUT2D eigenvalue weighted by Crippen LogP contribution is -2.47. The predicted molar refractivity (Wildman–Crippen MR) is 128 cm³/mol. The van der Waals surface area contributed by atoms with E-state index in [9.17, 15) is 18.0 Å². The third-order valence-corrected chi connectivity index (χ3v) is 7.08. The van der Waals surface area contributed by atoms with Crippen molar-refractivity contribution in [3.05, 3.63) is 78.4 Å². The zero-order chi connectivity index (χ0) is 23.8. The summed E-state index contributed by atoms with van der Waals surface area (Å²) in [5, 5.41) is 2.75. The van der Waals surface area contributed by atoms with Crippen LogP contribution in [0.3, 0.4) is 0 Å². The molecule has 1 saturated carbocycles. The largest absolute Gasteiger partial charge is 0.351 e. The number of benzene rings is 2. The Morgan fingerprint density at radius 2 is 1.76 bits per heavy atom. The number of nitrogens with one attached hydrogen (secondary N) is 2. The Bertz CT molecular complexity index is 1060. The molecule has 2 aromatic rings. The summed E-state index contributed by atoms with van der Waals surface area (Å²) in [4.78, 5) is 27.4. The Balaban J connectivity index is 1.65. The number of nitrogens with zero attached hydrogens (tertiary/aromatic N) is 1. The number of rotatable bonds is 12. The van der Waals surface area contributed by atoms with Crippen LogP contribution in [0.5, 0.6) is 0 Å². The molecule has 33 heavy (non-hydrogen) atoms. The molecule has 0 radical (unpaired) electrons. The molecule has 0 bridgehead atoms. The second-order valence-corrected chi connectivity index (χ2v) is 9.97. The molecule has 0 spiro atoms. The Kier molecular flexibility index (Phi) is 8.41. The number of hydrogen-bond donors (Lipinski definition) is 2. The van der Waals surface area contributed by atoms with Gasteiger partial charge in [0.2, 0.25) is 21.8 Å². The monoisotopic (exact) mass is 469 g/mol. The van der Waals surface area contributed by atoms with E-state index < -0.39 is 16.1 Å². The number of sulfonamides is 1. The van der Waals surface area contributed by atoms with E-state index in [1.807, 2.05) is 30.3 Å². The maximum atomic E-state index is 13.1. The first-order chi connectivity index (χ1) is 15.8. The van der Waals surface area contributed by atoms with Gasteiger partial charge in [-0.05, 0) is 49.4 Å². The molecule has 7 nitrogen and oxygen atoms in total. The van der Waals surface area contributed by atoms with Crippen LogP contribution in [0, 0.1) is 0 Å². The van der Waals surface area contributed by atoms with E-state index in [1.54, 1.807) is 42.2 Å². The van der Waals surface area contributed by atoms with E-state index in [1.165, 1.54) is 0 Å². The van der Waals surface area contributed by atoms with Crippen LogP contribution in [-0.2, 0) is 32.6 Å². The van der Waals surface area contributed by atoms with E-state index in [0.29, 0.717) is 19.5 Å². The predicted octanol–water partition coefficient (Wildman–Crippen LogP) is 2.78. The average Bonchev–Trinajstić information content (AvgIpc) is 3.63. The van der Waals surface area contributed by atoms with Crippen LogP contribution in [0.4, 0.5) is 0 Å². The van der Waals surface area contributed by atoms with Crippen molar-refractivity contribution < 1.29 is 18.0 Å². The van der Waals surface area contributed by atoms with Crippen molar-refractivity contribution in [3.63, 3.8) is 0 Å². The zero-order valence-corrected chi connectivity index (χ0v) is 19.7. The summed E-state index contributed by atoms with van der Waals surface area (Å²) >= 11 is 0. The fourth-order valence-corrected chi connectivity index (χ4v) is 4.71. The number of aryl methyl sites for hydroxylation is 1. The highest BCUT2D eigenvalue weighted by atomic mass is 32.2. The molecule has 0 unspecified atom stereocenters. The summed E-state index contributed by atoms with van der Waals surface area (Å²) in [5.74, 6) is -0.385. The van der Waals surface area contributed by atoms with Gasteiger partial charge in [-0.15, -0.1) is 6.58 Å². The average molecular weight is 470 g/mol. The highest BCUT2D eigenvalue weighted by Crippen LogP contribution is 2.22. The van der Waals surface area contributed by atoms with Gasteiger partial charge in [-0.2, -0.15) is 0 Å². The van der Waals surface area contributed by atoms with Crippen LogP contribution in [0.25, 0.3) is 0 Å². The molecule has 8 heteroatoms. The Morgan fingerprint density at radius 3 is 2.36 bits per heavy atom. The maximum Gasteiger partial charge on any atom is 0.242 e. The fourth-order valence-electron chi connectivity index (χ4n) is 3.40. The summed E-state index contributed by atoms with van der Waals surface area (Å²) in [6.45, 7) is 5.98. The van der Waals surface area contributed by atoms with Crippen molar-refractivity contribution in [1.29, 1.82) is 0 Å². The standard InChI is InChI=1S/C25H31N3O4S/c1-3-17-26-25(30)19(2)28(18-21-7-5-4-6-8-21)24(29)16-11-20-9-14-23(15-10-20)33(31,32)27-22-12-13-22/h3-10,14-15,19,22,27H,1,11-13,16-18H2,2H3,(H,26,30)/t19-/m0/s1. The summed E-state index contributed by atoms with van der Waals surface area (Å²) in [5.41, 5.74) is 1.80. The number of amides is 2. The first-order valence-corrected chi connectivity index (χ1v) is 12.6. The Morgan fingerprint density at radius 1 is 1.09 bits per heavy atom. The molecule has 1 aliphatic rings. The van der Waals surface area contributed by atoms with Gasteiger partial charge in [0.05, 0.1) is 4.90 Å². The first-order valence-electron chi connectivity index (χ1n) is 11.1. The molecule has 0 heterocycles. The van der Waals surface area contributed by atoms with Crippen LogP contribution in [0.1, 0.15) is 37.3 Å². The van der Waals surface area contributed by atoms with Gasteiger partial charge >= 0.3 is 0 Å². The minimum atomic E-state index is -3.50. The summed E-state index contributed by atoms with van der Waals surface area (Å²) in [6.07, 6.45) is 4.00. The van der Waals surface area contributed by atoms with Crippen LogP contribution in [0.15, 0.2) is 72.1 Å². The second kappa shape index (κ2) is 11.2. The molecule has 2 amide bonds. The van der Waals surface area contributed by atoms with Gasteiger partial charge in [0.1, 0.15) is 6.04 Å². The summed E-state index contributed by atoms with van der Waals surface area (Å²) < 4.78 is 27.3. The van der Waals surface area contributed by atoms with Crippen molar-refractivity contribution in [2.45, 2.75) is 56.1 Å². The van der Waals surface area contributed by atoms with Gasteiger partial charge in [-0.3, -0.25) is 9.59 Å². The highest BCUT2D eigenvalue weighted by molar-refractivity contribution is 7.89. The van der Waals surface area contributed by atoms with Crippen molar-refractivity contribution in [2.75, 3.05) is 6.54 Å². The molecule has 1 aliphatic carbocycles. The number of hydrogen-bond acceptors (Lipinski definition) is 4. The number of carbonyl (C=O) groups excluding carboxylic acids is 2. The summed E-state index contributed by atoms with van der Waals surface area (Å²) in [7, 11) is -3.50. The molecular formula is C25H31N3O4S. The second-order valence-electron chi connectivity index (χ2n) is 8.26. The van der Waals surface area contributed by atoms with Gasteiger partial charge in [0, 0.05) is 25.6 Å². The minimum absolute atomic E-state index is 0.0496. The van der Waals surface area contributed by atoms with E-state index in [2.05, 4.69) is 16.6 Å². The molecule has 1 fully saturated rings. The fraction of sp³-hybridized carbons (Fsp3) is 0.360. The van der Waals surface area contributed by atoms with Crippen molar-refractivity contribution in [2.24, 2.45) is 0 Å². The van der Waals surface area contributed by atoms with Crippen LogP contribution < -0.4 is 10.0 Å². The van der Waals surface area contributed by atoms with Gasteiger partial charge in [-0.1, -0.05) is 48.5 Å². The van der Waals surface area contributed by atoms with E-state index in [4.69, 9.17) is 0 Å². The SMILES string of the molecule is C=CCNC(=O)[C@H](C)N(Cc1ccccc1)C(=O)CCc1ccc(S(=O)(=O)NC2CC2)cc1. The van der Waals surface area contributed by atoms with Gasteiger partial charge in [-0.25, -0.2) is 13.1 Å². The molecular weight excluding hydrogens is 438 g/mol. The van der Waals surface area contributed by atoms with Crippen molar-refractivity contribution in [3.8, 4) is 0 Å². The zero-order valence-electron chi connectivity index (χ0n) is 18.9. The maximum absolute atomic E-state index is 13.1. The van der Waals surface area contributed by atoms with E-state index in [-0.39, 0.29) is 29.2 Å². The lowest BCUT2D eigenvalue weighted by molar-refractivity contribution is -0.140. The minimum Gasteiger partial charge on any atom is -0.351 e. The Labute approximate surface area is 195 Å². The van der Waals surface area contributed by atoms with Crippen molar-refractivity contribution in [1.82, 2.24) is 14.9 Å².